The summed E-state index contributed by atoms with van der Waals surface area (Å²) in [7, 11) is 0. The van der Waals surface area contributed by atoms with E-state index in [4.69, 9.17) is 21.4 Å². The van der Waals surface area contributed by atoms with E-state index in [1.54, 1.807) is 24.3 Å². The number of nitro groups is 1. The number of anilines is 1. The van der Waals surface area contributed by atoms with Crippen LogP contribution in [-0.4, -0.2) is 31.7 Å². The van der Waals surface area contributed by atoms with Gasteiger partial charge in [0.2, 0.25) is 0 Å². The first kappa shape index (κ1) is 20.8. The van der Waals surface area contributed by atoms with Crippen LogP contribution in [0, 0.1) is 10.1 Å². The summed E-state index contributed by atoms with van der Waals surface area (Å²) in [5.74, 6) is -1.18. The number of nitro benzene ring substituents is 1. The second kappa shape index (κ2) is 8.62. The molecule has 0 fully saturated rings. The molecule has 0 bridgehead atoms. The topological polar surface area (TPSA) is 137 Å². The number of carboxylic acid groups (broad SMARTS) is 1. The first-order chi connectivity index (χ1) is 14.2. The lowest BCUT2D eigenvalue weighted by Gasteiger charge is -2.09. The van der Waals surface area contributed by atoms with E-state index >= 15 is 0 Å². The van der Waals surface area contributed by atoms with Crippen LogP contribution in [0.4, 0.5) is 11.4 Å². The van der Waals surface area contributed by atoms with Crippen molar-refractivity contribution in [3.05, 3.63) is 75.6 Å². The van der Waals surface area contributed by atoms with Crippen molar-refractivity contribution in [2.24, 2.45) is 0 Å². The average molecular weight is 431 g/mol. The Balaban J connectivity index is 1.83. The Morgan fingerprint density at radius 1 is 1.23 bits per heavy atom. The minimum Gasteiger partial charge on any atom is -0.480 e. The molecule has 3 rings (SSSR count). The second-order valence-corrected chi connectivity index (χ2v) is 6.64. The maximum Gasteiger partial charge on any atom is 0.328 e. The molecule has 3 aromatic rings. The summed E-state index contributed by atoms with van der Waals surface area (Å²) in [6.07, 6.45) is 2.48. The molecule has 0 radical (unpaired) electrons. The minimum atomic E-state index is -1.10. The van der Waals surface area contributed by atoms with E-state index in [0.717, 1.165) is 4.68 Å². The highest BCUT2D eigenvalue weighted by atomic mass is 35.5. The number of ether oxygens (including phenoxy) is 1. The maximum atomic E-state index is 12.5. The highest BCUT2D eigenvalue weighted by molar-refractivity contribution is 6.30. The molecule has 1 amide bonds. The fourth-order valence-electron chi connectivity index (χ4n) is 2.44. The standard InChI is InChI=1S/C19H15ClN4O6/c1-11(19(26)27)23-10-12(9-21-23)18(25)22-14-6-15(24(28)29)8-17(7-14)30-16-4-2-13(20)3-5-16/h2-11H,1H3,(H,22,25)(H,26,27). The van der Waals surface area contributed by atoms with E-state index in [-0.39, 0.29) is 22.7 Å². The third-order valence-electron chi connectivity index (χ3n) is 4.03. The van der Waals surface area contributed by atoms with E-state index in [9.17, 15) is 19.7 Å². The van der Waals surface area contributed by atoms with Gasteiger partial charge in [0.1, 0.15) is 17.5 Å². The molecule has 1 heterocycles. The van der Waals surface area contributed by atoms with E-state index < -0.39 is 22.8 Å². The van der Waals surface area contributed by atoms with Crippen molar-refractivity contribution in [3.8, 4) is 11.5 Å². The highest BCUT2D eigenvalue weighted by Gasteiger charge is 2.18. The van der Waals surface area contributed by atoms with Crippen LogP contribution in [0.2, 0.25) is 5.02 Å². The molecule has 0 spiro atoms. The van der Waals surface area contributed by atoms with E-state index in [2.05, 4.69) is 10.4 Å². The zero-order valence-electron chi connectivity index (χ0n) is 15.5. The van der Waals surface area contributed by atoms with Crippen LogP contribution in [0.3, 0.4) is 0 Å². The number of hydrogen-bond donors (Lipinski definition) is 2. The van der Waals surface area contributed by atoms with Gasteiger partial charge in [0, 0.05) is 23.4 Å². The van der Waals surface area contributed by atoms with Crippen LogP contribution in [0.1, 0.15) is 23.3 Å². The van der Waals surface area contributed by atoms with Crippen LogP contribution in [0.5, 0.6) is 11.5 Å². The summed E-state index contributed by atoms with van der Waals surface area (Å²) in [4.78, 5) is 34.1. The molecule has 1 unspecified atom stereocenters. The number of carboxylic acids is 1. The zero-order chi connectivity index (χ0) is 21.8. The Bertz CT molecular complexity index is 1110. The van der Waals surface area contributed by atoms with E-state index in [1.807, 2.05) is 0 Å². The molecule has 0 aliphatic heterocycles. The summed E-state index contributed by atoms with van der Waals surface area (Å²) in [6.45, 7) is 1.41. The molecular formula is C19H15ClN4O6. The number of carbonyl (C=O) groups is 2. The lowest BCUT2D eigenvalue weighted by atomic mass is 10.2. The molecule has 0 aliphatic carbocycles. The summed E-state index contributed by atoms with van der Waals surface area (Å²) < 4.78 is 6.74. The Morgan fingerprint density at radius 2 is 1.93 bits per heavy atom. The lowest BCUT2D eigenvalue weighted by Crippen LogP contribution is -2.16. The maximum absolute atomic E-state index is 12.5. The normalized spacial score (nSPS) is 11.5. The van der Waals surface area contributed by atoms with Gasteiger partial charge >= 0.3 is 5.97 Å². The third kappa shape index (κ3) is 4.92. The first-order valence-corrected chi connectivity index (χ1v) is 8.92. The molecule has 11 heteroatoms. The SMILES string of the molecule is CC(C(=O)O)n1cc(C(=O)Nc2cc(Oc3ccc(Cl)cc3)cc([N+](=O)[O-])c2)cn1. The number of carbonyl (C=O) groups excluding carboxylic acids is 1. The quantitative estimate of drug-likeness (QED) is 0.424. The lowest BCUT2D eigenvalue weighted by molar-refractivity contribution is -0.384. The van der Waals surface area contributed by atoms with Crippen molar-refractivity contribution in [2.75, 3.05) is 5.32 Å². The van der Waals surface area contributed by atoms with Gasteiger partial charge in [-0.2, -0.15) is 5.10 Å². The van der Waals surface area contributed by atoms with Crippen LogP contribution >= 0.6 is 11.6 Å². The van der Waals surface area contributed by atoms with Crippen molar-refractivity contribution in [3.63, 3.8) is 0 Å². The third-order valence-corrected chi connectivity index (χ3v) is 4.28. The summed E-state index contributed by atoms with van der Waals surface area (Å²) in [5, 5.41) is 27.2. The molecule has 1 aromatic heterocycles. The number of benzene rings is 2. The predicted molar refractivity (Wildman–Crippen MR) is 107 cm³/mol. The molecule has 2 N–H and O–H groups in total. The molecule has 0 aliphatic rings. The first-order valence-electron chi connectivity index (χ1n) is 8.54. The fraction of sp³-hybridized carbons (Fsp3) is 0.105. The fourth-order valence-corrected chi connectivity index (χ4v) is 2.57. The molecule has 30 heavy (non-hydrogen) atoms. The molecule has 10 nitrogen and oxygen atoms in total. The molecular weight excluding hydrogens is 416 g/mol. The van der Waals surface area contributed by atoms with Crippen LogP contribution in [-0.2, 0) is 4.79 Å². The van der Waals surface area contributed by atoms with Gasteiger partial charge in [-0.1, -0.05) is 11.6 Å². The number of halogens is 1. The molecule has 2 aromatic carbocycles. The number of non-ortho nitro benzene ring substituents is 1. The van der Waals surface area contributed by atoms with E-state index in [1.165, 1.54) is 37.5 Å². The van der Waals surface area contributed by atoms with Crippen LogP contribution in [0.15, 0.2) is 54.9 Å². The van der Waals surface area contributed by atoms with Gasteiger partial charge in [0.05, 0.1) is 28.4 Å². The zero-order valence-corrected chi connectivity index (χ0v) is 16.2. The van der Waals surface area contributed by atoms with Crippen molar-refractivity contribution in [1.29, 1.82) is 0 Å². The van der Waals surface area contributed by atoms with Crippen molar-refractivity contribution in [1.82, 2.24) is 9.78 Å². The highest BCUT2D eigenvalue weighted by Crippen LogP contribution is 2.30. The van der Waals surface area contributed by atoms with E-state index in [0.29, 0.717) is 10.8 Å². The molecule has 1 atom stereocenters. The molecule has 154 valence electrons. The van der Waals surface area contributed by atoms with Gasteiger partial charge in [-0.15, -0.1) is 0 Å². The van der Waals surface area contributed by atoms with Crippen molar-refractivity contribution in [2.45, 2.75) is 13.0 Å². The number of nitrogens with zero attached hydrogens (tertiary/aromatic N) is 3. The van der Waals surface area contributed by atoms with Gasteiger partial charge in [-0.3, -0.25) is 19.6 Å². The number of rotatable bonds is 7. The van der Waals surface area contributed by atoms with Gasteiger partial charge in [-0.05, 0) is 31.2 Å². The number of hydrogen-bond acceptors (Lipinski definition) is 6. The summed E-state index contributed by atoms with van der Waals surface area (Å²) >= 11 is 5.83. The molecule has 0 saturated heterocycles. The average Bonchev–Trinajstić information content (AvgIpc) is 3.19. The van der Waals surface area contributed by atoms with Crippen LogP contribution < -0.4 is 10.1 Å². The van der Waals surface area contributed by atoms with Gasteiger partial charge in [0.15, 0.2) is 0 Å². The van der Waals surface area contributed by atoms with Crippen molar-refractivity contribution >= 4 is 34.9 Å². The Hall–Kier alpha value is -3.92. The molecule has 0 saturated carbocycles. The monoisotopic (exact) mass is 430 g/mol. The van der Waals surface area contributed by atoms with Gasteiger partial charge < -0.3 is 15.2 Å². The number of aliphatic carboxylic acids is 1. The Kier molecular flexibility index (Phi) is 5.98. The number of amides is 1. The largest absolute Gasteiger partial charge is 0.480 e. The van der Waals surface area contributed by atoms with Gasteiger partial charge in [-0.25, -0.2) is 4.79 Å². The minimum absolute atomic E-state index is 0.0924. The predicted octanol–water partition coefficient (Wildman–Crippen LogP) is 4.13. The van der Waals surface area contributed by atoms with Crippen molar-refractivity contribution < 1.29 is 24.4 Å². The number of nitrogens with one attached hydrogen (secondary N) is 1. The van der Waals surface area contributed by atoms with Gasteiger partial charge in [0.25, 0.3) is 11.6 Å². The van der Waals surface area contributed by atoms with Crippen LogP contribution in [0.25, 0.3) is 0 Å². The summed E-state index contributed by atoms with van der Waals surface area (Å²) in [6, 6.07) is 9.26. The Labute approximate surface area is 174 Å². The smallest absolute Gasteiger partial charge is 0.328 e. The number of aromatic nitrogens is 2. The second-order valence-electron chi connectivity index (χ2n) is 6.21. The Morgan fingerprint density at radius 3 is 2.57 bits per heavy atom. The summed E-state index contributed by atoms with van der Waals surface area (Å²) in [5.41, 5.74) is -0.0704.